The summed E-state index contributed by atoms with van der Waals surface area (Å²) >= 11 is 0. The van der Waals surface area contributed by atoms with Gasteiger partial charge in [-0.25, -0.2) is 4.79 Å². The Labute approximate surface area is 90.2 Å². The van der Waals surface area contributed by atoms with Crippen LogP contribution in [0.3, 0.4) is 0 Å². The second-order valence-electron chi connectivity index (χ2n) is 2.85. The minimum atomic E-state index is -0.339. The van der Waals surface area contributed by atoms with Gasteiger partial charge in [-0.05, 0) is 26.7 Å². The van der Waals surface area contributed by atoms with Crippen LogP contribution < -0.4 is 0 Å². The lowest BCUT2D eigenvalue weighted by molar-refractivity contribution is -0.143. The summed E-state index contributed by atoms with van der Waals surface area (Å²) in [6.07, 6.45) is 4.85. The third kappa shape index (κ3) is 9.00. The van der Waals surface area contributed by atoms with Gasteiger partial charge in [-0.15, -0.1) is 0 Å². The van der Waals surface area contributed by atoms with Crippen LogP contribution in [-0.2, 0) is 19.1 Å². The maximum absolute atomic E-state index is 10.9. The van der Waals surface area contributed by atoms with Gasteiger partial charge in [0.05, 0.1) is 13.2 Å². The zero-order valence-electron chi connectivity index (χ0n) is 9.32. The van der Waals surface area contributed by atoms with Crippen molar-refractivity contribution in [2.45, 2.75) is 33.1 Å². The van der Waals surface area contributed by atoms with Crippen molar-refractivity contribution in [3.05, 3.63) is 12.2 Å². The summed E-state index contributed by atoms with van der Waals surface area (Å²) in [4.78, 5) is 21.7. The van der Waals surface area contributed by atoms with E-state index < -0.39 is 0 Å². The summed E-state index contributed by atoms with van der Waals surface area (Å²) in [5, 5.41) is 0. The fraction of sp³-hybridized carbons (Fsp3) is 0.636. The van der Waals surface area contributed by atoms with Crippen molar-refractivity contribution in [2.24, 2.45) is 0 Å². The Morgan fingerprint density at radius 3 is 2.40 bits per heavy atom. The highest BCUT2D eigenvalue weighted by Gasteiger charge is 1.99. The zero-order valence-corrected chi connectivity index (χ0v) is 9.32. The second-order valence-corrected chi connectivity index (χ2v) is 2.85. The lowest BCUT2D eigenvalue weighted by atomic mass is 10.2. The summed E-state index contributed by atoms with van der Waals surface area (Å²) in [6, 6.07) is 0. The number of unbranched alkanes of at least 4 members (excludes halogenated alkanes) is 1. The molecule has 0 saturated heterocycles. The largest absolute Gasteiger partial charge is 0.466 e. The van der Waals surface area contributed by atoms with Gasteiger partial charge in [0.1, 0.15) is 0 Å². The first-order valence-electron chi connectivity index (χ1n) is 5.19. The van der Waals surface area contributed by atoms with Crippen LogP contribution in [-0.4, -0.2) is 25.2 Å². The smallest absolute Gasteiger partial charge is 0.330 e. The van der Waals surface area contributed by atoms with Gasteiger partial charge >= 0.3 is 11.9 Å². The van der Waals surface area contributed by atoms with E-state index in [-0.39, 0.29) is 11.9 Å². The number of hydrogen-bond acceptors (Lipinski definition) is 4. The first kappa shape index (κ1) is 13.7. The molecule has 15 heavy (non-hydrogen) atoms. The summed E-state index contributed by atoms with van der Waals surface area (Å²) in [5.74, 6) is -0.532. The van der Waals surface area contributed by atoms with Crippen molar-refractivity contribution >= 4 is 11.9 Å². The molecule has 0 rings (SSSR count). The van der Waals surface area contributed by atoms with E-state index in [1.165, 1.54) is 6.08 Å². The molecule has 0 N–H and O–H groups in total. The number of carbonyl (C=O) groups is 2. The predicted octanol–water partition coefficient (Wildman–Crippen LogP) is 1.84. The maximum atomic E-state index is 10.9. The standard InChI is InChI=1S/C11H18O4/c1-3-14-10(12)8-6-5-7-9-11(13)15-4-2/h6,8H,3-5,7,9H2,1-2H3. The van der Waals surface area contributed by atoms with E-state index in [2.05, 4.69) is 0 Å². The molecule has 0 aliphatic rings. The van der Waals surface area contributed by atoms with Gasteiger partial charge in [0.2, 0.25) is 0 Å². The molecule has 0 aromatic heterocycles. The van der Waals surface area contributed by atoms with Crippen LogP contribution in [0.4, 0.5) is 0 Å². The van der Waals surface area contributed by atoms with Gasteiger partial charge in [0.25, 0.3) is 0 Å². The molecule has 86 valence electrons. The van der Waals surface area contributed by atoms with E-state index >= 15 is 0 Å². The minimum absolute atomic E-state index is 0.193. The predicted molar refractivity (Wildman–Crippen MR) is 56.3 cm³/mol. The SMILES string of the molecule is CCOC(=O)C=CCCCC(=O)OCC. The van der Waals surface area contributed by atoms with Crippen LogP contribution in [0.5, 0.6) is 0 Å². The van der Waals surface area contributed by atoms with Crippen LogP contribution in [0, 0.1) is 0 Å². The highest BCUT2D eigenvalue weighted by atomic mass is 16.5. The third-order valence-corrected chi connectivity index (χ3v) is 1.60. The molecule has 0 spiro atoms. The zero-order chi connectivity index (χ0) is 11.5. The summed E-state index contributed by atoms with van der Waals surface area (Å²) in [6.45, 7) is 4.33. The molecule has 0 aliphatic heterocycles. The third-order valence-electron chi connectivity index (χ3n) is 1.60. The fourth-order valence-corrected chi connectivity index (χ4v) is 0.967. The van der Waals surface area contributed by atoms with Crippen molar-refractivity contribution < 1.29 is 19.1 Å². The van der Waals surface area contributed by atoms with Crippen molar-refractivity contribution in [2.75, 3.05) is 13.2 Å². The van der Waals surface area contributed by atoms with Gasteiger partial charge in [-0.2, -0.15) is 0 Å². The highest BCUT2D eigenvalue weighted by Crippen LogP contribution is 1.99. The monoisotopic (exact) mass is 214 g/mol. The van der Waals surface area contributed by atoms with Crippen molar-refractivity contribution in [3.63, 3.8) is 0 Å². The molecule has 0 saturated carbocycles. The van der Waals surface area contributed by atoms with Crippen LogP contribution in [0.1, 0.15) is 33.1 Å². The highest BCUT2D eigenvalue weighted by molar-refractivity contribution is 5.81. The topological polar surface area (TPSA) is 52.6 Å². The summed E-state index contributed by atoms with van der Waals surface area (Å²) in [5.41, 5.74) is 0. The Morgan fingerprint density at radius 1 is 1.13 bits per heavy atom. The molecule has 4 nitrogen and oxygen atoms in total. The Balaban J connectivity index is 3.45. The molecule has 0 radical (unpaired) electrons. The number of carbonyl (C=O) groups excluding carboxylic acids is 2. The van der Waals surface area contributed by atoms with E-state index in [9.17, 15) is 9.59 Å². The molecule has 0 aliphatic carbocycles. The van der Waals surface area contributed by atoms with E-state index in [0.29, 0.717) is 32.5 Å². The van der Waals surface area contributed by atoms with Crippen molar-refractivity contribution in [1.82, 2.24) is 0 Å². The average Bonchev–Trinajstić information content (AvgIpc) is 2.18. The first-order chi connectivity index (χ1) is 7.20. The number of allylic oxidation sites excluding steroid dienone is 1. The molecule has 0 unspecified atom stereocenters. The molecule has 0 heterocycles. The Bertz CT molecular complexity index is 221. The number of esters is 2. The molecule has 0 bridgehead atoms. The quantitative estimate of drug-likeness (QED) is 0.368. The lowest BCUT2D eigenvalue weighted by Gasteiger charge is -1.99. The minimum Gasteiger partial charge on any atom is -0.466 e. The van der Waals surface area contributed by atoms with Gasteiger partial charge in [0, 0.05) is 12.5 Å². The van der Waals surface area contributed by atoms with Crippen molar-refractivity contribution in [3.8, 4) is 0 Å². The first-order valence-corrected chi connectivity index (χ1v) is 5.19. The Kier molecular flexibility index (Phi) is 8.43. The Morgan fingerprint density at radius 2 is 1.80 bits per heavy atom. The maximum Gasteiger partial charge on any atom is 0.330 e. The Hall–Kier alpha value is -1.32. The van der Waals surface area contributed by atoms with E-state index in [4.69, 9.17) is 9.47 Å². The molecule has 0 fully saturated rings. The second kappa shape index (κ2) is 9.24. The fourth-order valence-electron chi connectivity index (χ4n) is 0.967. The van der Waals surface area contributed by atoms with Crippen LogP contribution in [0.15, 0.2) is 12.2 Å². The molecular formula is C11H18O4. The number of hydrogen-bond donors (Lipinski definition) is 0. The molecule has 0 aromatic carbocycles. The number of ether oxygens (including phenoxy) is 2. The van der Waals surface area contributed by atoms with Crippen LogP contribution >= 0.6 is 0 Å². The van der Waals surface area contributed by atoms with Crippen LogP contribution in [0.2, 0.25) is 0 Å². The van der Waals surface area contributed by atoms with Gasteiger partial charge < -0.3 is 9.47 Å². The molecule has 0 amide bonds. The van der Waals surface area contributed by atoms with Crippen molar-refractivity contribution in [1.29, 1.82) is 0 Å². The van der Waals surface area contributed by atoms with E-state index in [1.54, 1.807) is 19.9 Å². The van der Waals surface area contributed by atoms with E-state index in [1.807, 2.05) is 0 Å². The molecular weight excluding hydrogens is 196 g/mol. The van der Waals surface area contributed by atoms with E-state index in [0.717, 1.165) is 0 Å². The van der Waals surface area contributed by atoms with Gasteiger partial charge in [-0.1, -0.05) is 6.08 Å². The normalized spacial score (nSPS) is 10.3. The molecule has 0 aromatic rings. The van der Waals surface area contributed by atoms with Gasteiger partial charge in [-0.3, -0.25) is 4.79 Å². The molecule has 0 atom stereocenters. The summed E-state index contributed by atoms with van der Waals surface area (Å²) in [7, 11) is 0. The number of rotatable bonds is 7. The molecule has 4 heteroatoms. The van der Waals surface area contributed by atoms with Gasteiger partial charge in [0.15, 0.2) is 0 Å². The average molecular weight is 214 g/mol. The lowest BCUT2D eigenvalue weighted by Crippen LogP contribution is -2.03. The van der Waals surface area contributed by atoms with Crippen LogP contribution in [0.25, 0.3) is 0 Å². The summed E-state index contributed by atoms with van der Waals surface area (Å²) < 4.78 is 9.44.